The maximum Gasteiger partial charge on any atom is 0.307 e. The molecule has 0 atom stereocenters. The molecule has 3 heteroatoms. The van der Waals surface area contributed by atoms with Crippen LogP contribution in [0.4, 0.5) is 0 Å². The summed E-state index contributed by atoms with van der Waals surface area (Å²) in [5.41, 5.74) is 0.0135. The van der Waals surface area contributed by atoms with Crippen LogP contribution in [0.5, 0.6) is 0 Å². The number of aromatic nitrogens is 1. The smallest absolute Gasteiger partial charge is 0.294 e. The van der Waals surface area contributed by atoms with Gasteiger partial charge in [0, 0.05) is 17.0 Å². The molecular weight excluding hydrogens is 182 g/mol. The van der Waals surface area contributed by atoms with Crippen molar-refractivity contribution in [3.8, 4) is 11.8 Å². The molecule has 0 saturated carbocycles. The van der Waals surface area contributed by atoms with Gasteiger partial charge in [-0.05, 0) is 20.8 Å². The lowest BCUT2D eigenvalue weighted by Crippen LogP contribution is -2.11. The van der Waals surface area contributed by atoms with E-state index in [2.05, 4.69) is 32.6 Å². The summed E-state index contributed by atoms with van der Waals surface area (Å²) in [6.07, 6.45) is 1.77. The van der Waals surface area contributed by atoms with Crippen LogP contribution in [-0.4, -0.2) is 4.57 Å². The Hall–Kier alpha value is -1.01. The lowest BCUT2D eigenvalue weighted by Gasteiger charge is -2.06. The van der Waals surface area contributed by atoms with E-state index in [0.717, 1.165) is 0 Å². The second-order valence-electron chi connectivity index (χ2n) is 3.85. The summed E-state index contributed by atoms with van der Waals surface area (Å²) < 4.78 is 1.61. The average molecular weight is 195 g/mol. The highest BCUT2D eigenvalue weighted by atomic mass is 32.1. The minimum Gasteiger partial charge on any atom is -0.294 e. The second-order valence-corrected chi connectivity index (χ2v) is 4.71. The molecule has 2 nitrogen and oxygen atoms in total. The van der Waals surface area contributed by atoms with E-state index < -0.39 is 0 Å². The Morgan fingerprint density at radius 3 is 2.69 bits per heavy atom. The zero-order valence-corrected chi connectivity index (χ0v) is 8.94. The fourth-order valence-corrected chi connectivity index (χ4v) is 1.38. The lowest BCUT2D eigenvalue weighted by atomic mass is 9.98. The molecular formula is C10H13NOS. The van der Waals surface area contributed by atoms with Crippen molar-refractivity contribution in [1.82, 2.24) is 4.57 Å². The van der Waals surface area contributed by atoms with Gasteiger partial charge in [0.25, 0.3) is 0 Å². The van der Waals surface area contributed by atoms with Gasteiger partial charge in [-0.3, -0.25) is 9.36 Å². The molecule has 0 N–H and O–H groups in total. The maximum atomic E-state index is 11.1. The number of hydrogen-bond acceptors (Lipinski definition) is 2. The summed E-state index contributed by atoms with van der Waals surface area (Å²) in [4.78, 5) is 11.1. The third-order valence-corrected chi connectivity index (χ3v) is 2.05. The molecule has 1 aromatic rings. The van der Waals surface area contributed by atoms with Crippen molar-refractivity contribution in [2.75, 3.05) is 0 Å². The van der Waals surface area contributed by atoms with Crippen molar-refractivity contribution in [2.24, 2.45) is 5.41 Å². The Balaban J connectivity index is 2.66. The van der Waals surface area contributed by atoms with Gasteiger partial charge >= 0.3 is 4.87 Å². The van der Waals surface area contributed by atoms with Crippen molar-refractivity contribution in [3.05, 3.63) is 21.2 Å². The first kappa shape index (κ1) is 10.1. The van der Waals surface area contributed by atoms with Gasteiger partial charge in [-0.25, -0.2) is 0 Å². The average Bonchev–Trinajstić information content (AvgIpc) is 2.34. The van der Waals surface area contributed by atoms with Gasteiger partial charge in [0.15, 0.2) is 0 Å². The van der Waals surface area contributed by atoms with E-state index in [1.807, 2.05) is 0 Å². The highest BCUT2D eigenvalue weighted by Crippen LogP contribution is 2.09. The molecule has 0 fully saturated rings. The van der Waals surface area contributed by atoms with Crippen LogP contribution in [0, 0.1) is 17.3 Å². The van der Waals surface area contributed by atoms with Crippen molar-refractivity contribution < 1.29 is 0 Å². The summed E-state index contributed by atoms with van der Waals surface area (Å²) in [7, 11) is 0. The first-order chi connectivity index (χ1) is 5.99. The van der Waals surface area contributed by atoms with E-state index in [-0.39, 0.29) is 10.3 Å². The topological polar surface area (TPSA) is 22.0 Å². The summed E-state index contributed by atoms with van der Waals surface area (Å²) in [5.74, 6) is 6.07. The molecule has 0 amide bonds. The largest absolute Gasteiger partial charge is 0.307 e. The molecule has 1 rings (SSSR count). The fraction of sp³-hybridized carbons (Fsp3) is 0.500. The molecule has 0 aliphatic carbocycles. The third-order valence-electron chi connectivity index (χ3n) is 1.36. The molecule has 1 aromatic heterocycles. The van der Waals surface area contributed by atoms with Crippen molar-refractivity contribution in [1.29, 1.82) is 0 Å². The van der Waals surface area contributed by atoms with Crippen molar-refractivity contribution in [2.45, 2.75) is 27.3 Å². The molecule has 0 spiro atoms. The normalized spacial score (nSPS) is 10.7. The van der Waals surface area contributed by atoms with Gasteiger partial charge in [-0.1, -0.05) is 23.2 Å². The van der Waals surface area contributed by atoms with E-state index in [9.17, 15) is 4.79 Å². The summed E-state index contributed by atoms with van der Waals surface area (Å²) in [6.45, 7) is 6.66. The van der Waals surface area contributed by atoms with Crippen molar-refractivity contribution >= 4 is 11.3 Å². The lowest BCUT2D eigenvalue weighted by molar-refractivity contribution is 0.569. The molecule has 0 bridgehead atoms. The molecule has 13 heavy (non-hydrogen) atoms. The van der Waals surface area contributed by atoms with Gasteiger partial charge in [0.1, 0.15) is 0 Å². The number of nitrogens with zero attached hydrogens (tertiary/aromatic N) is 1. The monoisotopic (exact) mass is 195 g/mol. The minimum atomic E-state index is 0.0135. The maximum absolute atomic E-state index is 11.1. The fourth-order valence-electron chi connectivity index (χ4n) is 0.798. The van der Waals surface area contributed by atoms with Crippen LogP contribution in [0.1, 0.15) is 20.8 Å². The summed E-state index contributed by atoms with van der Waals surface area (Å²) >= 11 is 1.20. The predicted octanol–water partition coefficient (Wildman–Crippen LogP) is 1.96. The van der Waals surface area contributed by atoms with Crippen LogP contribution in [0.3, 0.4) is 0 Å². The Bertz CT molecular complexity index is 383. The zero-order valence-electron chi connectivity index (χ0n) is 8.13. The molecule has 0 unspecified atom stereocenters. The van der Waals surface area contributed by atoms with Gasteiger partial charge < -0.3 is 0 Å². The molecule has 0 aromatic carbocycles. The molecule has 1 heterocycles. The first-order valence-electron chi connectivity index (χ1n) is 4.13. The molecule has 0 aliphatic rings. The molecule has 0 radical (unpaired) electrons. The van der Waals surface area contributed by atoms with Gasteiger partial charge in [0.05, 0.1) is 6.54 Å². The standard InChI is InChI=1S/C10H13NOS/c1-10(2,3)5-4-6-11-7-8-13-9(11)12/h7-8H,6H2,1-3H3. The van der Waals surface area contributed by atoms with Gasteiger partial charge in [0.2, 0.25) is 0 Å². The van der Waals surface area contributed by atoms with Gasteiger partial charge in [-0.2, -0.15) is 0 Å². The van der Waals surface area contributed by atoms with Crippen LogP contribution in [0.25, 0.3) is 0 Å². The number of thiazole rings is 1. The molecule has 0 aliphatic heterocycles. The van der Waals surface area contributed by atoms with Gasteiger partial charge in [-0.15, -0.1) is 0 Å². The van der Waals surface area contributed by atoms with E-state index in [4.69, 9.17) is 0 Å². The van der Waals surface area contributed by atoms with E-state index in [1.165, 1.54) is 11.3 Å². The van der Waals surface area contributed by atoms with E-state index in [1.54, 1.807) is 16.1 Å². The minimum absolute atomic E-state index is 0.0135. The van der Waals surface area contributed by atoms with Crippen molar-refractivity contribution in [3.63, 3.8) is 0 Å². The van der Waals surface area contributed by atoms with E-state index >= 15 is 0 Å². The van der Waals surface area contributed by atoms with Crippen LogP contribution in [0.2, 0.25) is 0 Å². The highest BCUT2D eigenvalue weighted by Gasteiger charge is 2.02. The van der Waals surface area contributed by atoms with Crippen LogP contribution in [0.15, 0.2) is 16.4 Å². The predicted molar refractivity (Wildman–Crippen MR) is 55.8 cm³/mol. The Labute approximate surface area is 82.2 Å². The third kappa shape index (κ3) is 3.47. The SMILES string of the molecule is CC(C)(C)C#CCn1ccsc1=O. The van der Waals surface area contributed by atoms with Crippen LogP contribution >= 0.6 is 11.3 Å². The van der Waals surface area contributed by atoms with E-state index in [0.29, 0.717) is 6.54 Å². The Morgan fingerprint density at radius 1 is 1.54 bits per heavy atom. The van der Waals surface area contributed by atoms with Crippen LogP contribution in [-0.2, 0) is 6.54 Å². The highest BCUT2D eigenvalue weighted by molar-refractivity contribution is 7.07. The number of hydrogen-bond donors (Lipinski definition) is 0. The first-order valence-corrected chi connectivity index (χ1v) is 5.01. The second kappa shape index (κ2) is 3.80. The quantitative estimate of drug-likeness (QED) is 0.628. The Morgan fingerprint density at radius 2 is 2.23 bits per heavy atom. The summed E-state index contributed by atoms with van der Waals surface area (Å²) in [5, 5.41) is 1.78. The molecule has 0 saturated heterocycles. The molecule has 70 valence electrons. The zero-order chi connectivity index (χ0) is 9.90. The Kier molecular flexibility index (Phi) is 2.94. The number of rotatable bonds is 1. The van der Waals surface area contributed by atoms with Crippen LogP contribution < -0.4 is 4.87 Å². The summed E-state index contributed by atoms with van der Waals surface area (Å²) in [6, 6.07) is 0.